The molecule has 2 fully saturated rings. The molecule has 1 aromatic carbocycles. The number of nitrogens with zero attached hydrogens (tertiary/aromatic N) is 3. The Hall–Kier alpha value is -4.01. The molecular formula is C30H32FN3O5. The van der Waals surface area contributed by atoms with Gasteiger partial charge in [0.2, 0.25) is 0 Å². The second-order valence-electron chi connectivity index (χ2n) is 10.6. The molecule has 3 aliphatic rings. The van der Waals surface area contributed by atoms with E-state index in [1.54, 1.807) is 6.08 Å². The molecule has 2 aliphatic heterocycles. The highest BCUT2D eigenvalue weighted by atomic mass is 19.1. The number of carboxylic acids is 1. The third-order valence-electron chi connectivity index (χ3n) is 8.03. The van der Waals surface area contributed by atoms with Crippen LogP contribution in [-0.4, -0.2) is 52.1 Å². The molecule has 1 saturated carbocycles. The number of aromatic carboxylic acids is 1. The van der Waals surface area contributed by atoms with Crippen molar-refractivity contribution < 1.29 is 23.5 Å². The minimum Gasteiger partial charge on any atom is -0.477 e. The van der Waals surface area contributed by atoms with Crippen LogP contribution < -0.4 is 5.63 Å². The van der Waals surface area contributed by atoms with Gasteiger partial charge in [0.1, 0.15) is 17.1 Å². The van der Waals surface area contributed by atoms with E-state index >= 15 is 4.39 Å². The van der Waals surface area contributed by atoms with Crippen molar-refractivity contribution in [3.63, 3.8) is 0 Å². The van der Waals surface area contributed by atoms with Crippen LogP contribution in [0.25, 0.3) is 16.5 Å². The fourth-order valence-electron chi connectivity index (χ4n) is 5.44. The average molecular weight is 534 g/mol. The predicted molar refractivity (Wildman–Crippen MR) is 147 cm³/mol. The number of allylic oxidation sites excluding steroid dienone is 3. The predicted octanol–water partition coefficient (Wildman–Crippen LogP) is 5.35. The largest absolute Gasteiger partial charge is 0.477 e. The molecule has 204 valence electrons. The molecular weight excluding hydrogens is 501 g/mol. The summed E-state index contributed by atoms with van der Waals surface area (Å²) < 4.78 is 20.5. The fraction of sp³-hybridized carbons (Fsp3) is 0.400. The number of aliphatic imine (C=N–C) groups is 1. The van der Waals surface area contributed by atoms with Crippen LogP contribution in [-0.2, 0) is 4.79 Å². The van der Waals surface area contributed by atoms with E-state index < -0.39 is 23.0 Å². The van der Waals surface area contributed by atoms with Crippen LogP contribution in [0, 0.1) is 11.7 Å². The highest BCUT2D eigenvalue weighted by molar-refractivity contribution is 6.43. The first kappa shape index (κ1) is 26.6. The summed E-state index contributed by atoms with van der Waals surface area (Å²) in [7, 11) is 1.88. The van der Waals surface area contributed by atoms with E-state index in [4.69, 9.17) is 9.41 Å². The number of hydrogen-bond acceptors (Lipinski definition) is 6. The molecule has 1 aliphatic carbocycles. The average Bonchev–Trinajstić information content (AvgIpc) is 3.09. The molecule has 1 atom stereocenters. The molecule has 1 aromatic heterocycles. The van der Waals surface area contributed by atoms with Gasteiger partial charge < -0.3 is 19.3 Å². The van der Waals surface area contributed by atoms with Gasteiger partial charge in [0.05, 0.1) is 0 Å². The summed E-state index contributed by atoms with van der Waals surface area (Å²) in [4.78, 5) is 45.5. The molecule has 0 radical (unpaired) electrons. The Morgan fingerprint density at radius 1 is 1.15 bits per heavy atom. The van der Waals surface area contributed by atoms with Gasteiger partial charge in [-0.2, -0.15) is 0 Å². The first-order valence-corrected chi connectivity index (χ1v) is 13.4. The Labute approximate surface area is 225 Å². The Kier molecular flexibility index (Phi) is 7.25. The summed E-state index contributed by atoms with van der Waals surface area (Å²) in [6.07, 6.45) is 10.8. The van der Waals surface area contributed by atoms with Gasteiger partial charge in [0.25, 0.3) is 5.91 Å². The number of carbonyl (C=O) groups is 2. The minimum absolute atomic E-state index is 0.0820. The minimum atomic E-state index is -1.45. The number of amides is 1. The summed E-state index contributed by atoms with van der Waals surface area (Å²) in [6.45, 7) is 6.81. The van der Waals surface area contributed by atoms with Crippen LogP contribution in [0.3, 0.4) is 0 Å². The molecule has 1 N–H and O–H groups in total. The molecule has 8 nitrogen and oxygen atoms in total. The van der Waals surface area contributed by atoms with Crippen molar-refractivity contribution in [3.8, 4) is 0 Å². The maximum Gasteiger partial charge on any atom is 0.351 e. The Bertz CT molecular complexity index is 1510. The van der Waals surface area contributed by atoms with Crippen molar-refractivity contribution in [2.45, 2.75) is 57.9 Å². The number of rotatable bonds is 5. The first-order chi connectivity index (χ1) is 18.7. The van der Waals surface area contributed by atoms with Gasteiger partial charge >= 0.3 is 11.6 Å². The van der Waals surface area contributed by atoms with Gasteiger partial charge in [-0.1, -0.05) is 38.0 Å². The highest BCUT2D eigenvalue weighted by Crippen LogP contribution is 2.38. The van der Waals surface area contributed by atoms with E-state index in [9.17, 15) is 19.5 Å². The summed E-state index contributed by atoms with van der Waals surface area (Å²) in [5.74, 6) is -1.58. The molecule has 39 heavy (non-hydrogen) atoms. The van der Waals surface area contributed by atoms with Crippen LogP contribution in [0.5, 0.6) is 0 Å². The number of benzene rings is 1. The summed E-state index contributed by atoms with van der Waals surface area (Å²) in [5.41, 5.74) is -0.314. The second-order valence-corrected chi connectivity index (χ2v) is 10.6. The summed E-state index contributed by atoms with van der Waals surface area (Å²) >= 11 is 0. The van der Waals surface area contributed by atoms with Crippen LogP contribution in [0.15, 0.2) is 62.7 Å². The zero-order valence-electron chi connectivity index (χ0n) is 22.2. The monoisotopic (exact) mass is 533 g/mol. The molecule has 0 bridgehead atoms. The Morgan fingerprint density at radius 2 is 1.92 bits per heavy atom. The number of halogens is 1. The summed E-state index contributed by atoms with van der Waals surface area (Å²) in [5, 5.41) is 9.32. The molecule has 1 unspecified atom stereocenters. The lowest BCUT2D eigenvalue weighted by Crippen LogP contribution is -2.43. The van der Waals surface area contributed by atoms with Gasteiger partial charge in [-0.3, -0.25) is 4.79 Å². The normalized spacial score (nSPS) is 21.3. The van der Waals surface area contributed by atoms with Gasteiger partial charge in [-0.25, -0.2) is 19.0 Å². The molecule has 5 rings (SSSR count). The topological polar surface area (TPSA) is 103 Å². The van der Waals surface area contributed by atoms with Gasteiger partial charge in [0.15, 0.2) is 11.4 Å². The SMILES string of the molecule is C=C(/C=C1/N=C(C(=O)N2CCCCCC2C)C=C(C2CCC2)N1C)c1ccc2cc(C(=O)O)c(=O)oc2c1F. The van der Waals surface area contributed by atoms with Crippen molar-refractivity contribution in [1.82, 2.24) is 9.80 Å². The lowest BCUT2D eigenvalue weighted by Gasteiger charge is -2.37. The molecule has 3 heterocycles. The van der Waals surface area contributed by atoms with Gasteiger partial charge in [0, 0.05) is 36.3 Å². The van der Waals surface area contributed by atoms with Gasteiger partial charge in [-0.05, 0) is 62.3 Å². The zero-order valence-corrected chi connectivity index (χ0v) is 22.2. The maximum absolute atomic E-state index is 15.5. The molecule has 0 spiro atoms. The quantitative estimate of drug-likeness (QED) is 0.520. The van der Waals surface area contributed by atoms with E-state index in [2.05, 4.69) is 13.5 Å². The molecule has 1 saturated heterocycles. The zero-order chi connectivity index (χ0) is 27.8. The van der Waals surface area contributed by atoms with E-state index in [1.165, 1.54) is 12.1 Å². The van der Waals surface area contributed by atoms with Crippen LogP contribution in [0.2, 0.25) is 0 Å². The smallest absolute Gasteiger partial charge is 0.351 e. The lowest BCUT2D eigenvalue weighted by atomic mass is 9.81. The molecule has 1 amide bonds. The standard InChI is InChI=1S/C30H32FN3O5/c1-17(21-12-11-20-15-22(29(36)37)30(38)39-27(20)26(21)31)14-25-32-23(16-24(33(25)3)19-9-7-10-19)28(35)34-13-6-4-5-8-18(34)2/h11-12,14-16,18-19H,1,4-10,13H2,2-3H3,(H,36,37)/b25-14-. The van der Waals surface area contributed by atoms with Crippen molar-refractivity contribution in [2.75, 3.05) is 13.6 Å². The number of fused-ring (bicyclic) bond motifs is 1. The van der Waals surface area contributed by atoms with Gasteiger partial charge in [-0.15, -0.1) is 0 Å². The third-order valence-corrected chi connectivity index (χ3v) is 8.03. The fourth-order valence-corrected chi connectivity index (χ4v) is 5.44. The Balaban J connectivity index is 1.52. The summed E-state index contributed by atoms with van der Waals surface area (Å²) in [6, 6.07) is 4.17. The Morgan fingerprint density at radius 3 is 2.62 bits per heavy atom. The van der Waals surface area contributed by atoms with E-state index in [1.807, 2.05) is 22.9 Å². The van der Waals surface area contributed by atoms with E-state index in [-0.39, 0.29) is 34.1 Å². The number of likely N-dealkylation sites (tertiary alicyclic amines) is 1. The number of carbonyl (C=O) groups excluding carboxylic acids is 1. The molecule has 9 heteroatoms. The van der Waals surface area contributed by atoms with Crippen LogP contribution in [0.4, 0.5) is 4.39 Å². The van der Waals surface area contributed by atoms with E-state index in [0.29, 0.717) is 24.0 Å². The second kappa shape index (κ2) is 10.6. The molecule has 2 aromatic rings. The lowest BCUT2D eigenvalue weighted by molar-refractivity contribution is -0.125. The van der Waals surface area contributed by atoms with E-state index in [0.717, 1.165) is 56.7 Å². The number of carboxylic acid groups (broad SMARTS) is 1. The van der Waals surface area contributed by atoms with Crippen molar-refractivity contribution in [2.24, 2.45) is 10.9 Å². The first-order valence-electron chi connectivity index (χ1n) is 13.4. The maximum atomic E-state index is 15.5. The van der Waals surface area contributed by atoms with Crippen molar-refractivity contribution in [1.29, 1.82) is 0 Å². The van der Waals surface area contributed by atoms with Crippen LogP contribution in [0.1, 0.15) is 67.8 Å². The van der Waals surface area contributed by atoms with Crippen LogP contribution >= 0.6 is 0 Å². The third kappa shape index (κ3) is 5.05. The number of hydrogen-bond donors (Lipinski definition) is 1. The highest BCUT2D eigenvalue weighted by Gasteiger charge is 2.32. The van der Waals surface area contributed by atoms with Crippen molar-refractivity contribution in [3.05, 3.63) is 75.8 Å². The van der Waals surface area contributed by atoms with Crippen molar-refractivity contribution >= 4 is 34.1 Å².